The summed E-state index contributed by atoms with van der Waals surface area (Å²) in [5.74, 6) is 0.177. The van der Waals surface area contributed by atoms with Crippen LogP contribution in [0, 0.1) is 0 Å². The summed E-state index contributed by atoms with van der Waals surface area (Å²) in [6.07, 6.45) is 4.23. The first-order valence-electron chi connectivity index (χ1n) is 8.19. The maximum Gasteiger partial charge on any atom is 0.257 e. The Labute approximate surface area is 147 Å². The van der Waals surface area contributed by atoms with Crippen molar-refractivity contribution in [1.82, 2.24) is 9.88 Å². The summed E-state index contributed by atoms with van der Waals surface area (Å²) in [6.45, 7) is 4.54. The molecule has 0 aliphatic rings. The molecule has 0 aliphatic carbocycles. The van der Waals surface area contributed by atoms with Gasteiger partial charge in [0.25, 0.3) is 5.91 Å². The van der Waals surface area contributed by atoms with E-state index in [0.29, 0.717) is 30.1 Å². The quantitative estimate of drug-likeness (QED) is 0.840. The van der Waals surface area contributed by atoms with Crippen molar-refractivity contribution in [2.45, 2.75) is 20.3 Å². The Morgan fingerprint density at radius 1 is 1.20 bits per heavy atom. The molecule has 0 radical (unpaired) electrons. The summed E-state index contributed by atoms with van der Waals surface area (Å²) < 4.78 is 5.32. The van der Waals surface area contributed by atoms with E-state index >= 15 is 0 Å². The number of ether oxygens (including phenoxy) is 1. The van der Waals surface area contributed by atoms with E-state index in [1.54, 1.807) is 35.5 Å². The molecule has 132 valence electrons. The first-order valence-corrected chi connectivity index (χ1v) is 8.19. The normalized spacial score (nSPS) is 10.2. The molecule has 25 heavy (non-hydrogen) atoms. The zero-order valence-electron chi connectivity index (χ0n) is 14.8. The molecule has 6 heteroatoms. The number of anilines is 1. The van der Waals surface area contributed by atoms with E-state index in [1.165, 1.54) is 14.0 Å². The SMILES string of the molecule is CCN(CCc1ccncc1)C(=O)c1cc(NC(C)=O)ccc1OC. The molecule has 2 aromatic rings. The first-order chi connectivity index (χ1) is 12.0. The lowest BCUT2D eigenvalue weighted by Crippen LogP contribution is -2.33. The molecule has 2 rings (SSSR count). The topological polar surface area (TPSA) is 71.5 Å². The van der Waals surface area contributed by atoms with Gasteiger partial charge in [0.1, 0.15) is 5.75 Å². The number of benzene rings is 1. The van der Waals surface area contributed by atoms with Gasteiger partial charge in [0.15, 0.2) is 0 Å². The molecule has 0 unspecified atom stereocenters. The molecular formula is C19H23N3O3. The fraction of sp³-hybridized carbons (Fsp3) is 0.316. The van der Waals surface area contributed by atoms with Crippen molar-refractivity contribution >= 4 is 17.5 Å². The Balaban J connectivity index is 2.18. The van der Waals surface area contributed by atoms with Crippen LogP contribution < -0.4 is 10.1 Å². The highest BCUT2D eigenvalue weighted by Gasteiger charge is 2.19. The second kappa shape index (κ2) is 8.82. The van der Waals surface area contributed by atoms with Crippen LogP contribution in [0.5, 0.6) is 5.75 Å². The largest absolute Gasteiger partial charge is 0.496 e. The van der Waals surface area contributed by atoms with Crippen molar-refractivity contribution in [3.63, 3.8) is 0 Å². The number of hydrogen-bond acceptors (Lipinski definition) is 4. The summed E-state index contributed by atoms with van der Waals surface area (Å²) >= 11 is 0. The first kappa shape index (κ1) is 18.4. The number of amides is 2. The van der Waals surface area contributed by atoms with E-state index in [1.807, 2.05) is 19.1 Å². The van der Waals surface area contributed by atoms with Crippen LogP contribution in [-0.2, 0) is 11.2 Å². The Hall–Kier alpha value is -2.89. The molecule has 0 spiro atoms. The van der Waals surface area contributed by atoms with Gasteiger partial charge in [-0.25, -0.2) is 0 Å². The number of pyridine rings is 1. The maximum absolute atomic E-state index is 12.9. The van der Waals surface area contributed by atoms with E-state index in [-0.39, 0.29) is 11.8 Å². The standard InChI is InChI=1S/C19H23N3O3/c1-4-22(12-9-15-7-10-20-11-8-15)19(24)17-13-16(21-14(2)23)5-6-18(17)25-3/h5-8,10-11,13H,4,9,12H2,1-3H3,(H,21,23). The van der Waals surface area contributed by atoms with Crippen LogP contribution >= 0.6 is 0 Å². The second-order valence-corrected chi connectivity index (χ2v) is 5.59. The third-order valence-corrected chi connectivity index (χ3v) is 3.84. The van der Waals surface area contributed by atoms with E-state index in [4.69, 9.17) is 4.74 Å². The minimum atomic E-state index is -0.186. The molecule has 1 aromatic heterocycles. The predicted octanol–water partition coefficient (Wildman–Crippen LogP) is 2.75. The van der Waals surface area contributed by atoms with Crippen molar-refractivity contribution < 1.29 is 14.3 Å². The molecule has 2 amide bonds. The monoisotopic (exact) mass is 341 g/mol. The Morgan fingerprint density at radius 3 is 2.52 bits per heavy atom. The minimum Gasteiger partial charge on any atom is -0.496 e. The zero-order chi connectivity index (χ0) is 18.2. The number of nitrogens with one attached hydrogen (secondary N) is 1. The molecule has 1 aromatic carbocycles. The number of methoxy groups -OCH3 is 1. The predicted molar refractivity (Wildman–Crippen MR) is 96.8 cm³/mol. The zero-order valence-corrected chi connectivity index (χ0v) is 14.8. The van der Waals surface area contributed by atoms with Gasteiger partial charge in [0.05, 0.1) is 12.7 Å². The summed E-state index contributed by atoms with van der Waals surface area (Å²) in [6, 6.07) is 8.93. The lowest BCUT2D eigenvalue weighted by Gasteiger charge is -2.22. The minimum absolute atomic E-state index is 0.124. The number of likely N-dealkylation sites (N-methyl/N-ethyl adjacent to an activating group) is 1. The van der Waals surface area contributed by atoms with Gasteiger partial charge in [0.2, 0.25) is 5.91 Å². The highest BCUT2D eigenvalue weighted by molar-refractivity contribution is 5.99. The summed E-state index contributed by atoms with van der Waals surface area (Å²) in [5, 5.41) is 2.69. The van der Waals surface area contributed by atoms with Crippen molar-refractivity contribution in [3.8, 4) is 5.75 Å². The molecule has 0 bridgehead atoms. The van der Waals surface area contributed by atoms with Crippen molar-refractivity contribution in [1.29, 1.82) is 0 Å². The Kier molecular flexibility index (Phi) is 6.51. The molecule has 1 heterocycles. The number of carbonyl (C=O) groups excluding carboxylic acids is 2. The molecule has 0 fully saturated rings. The Morgan fingerprint density at radius 2 is 1.92 bits per heavy atom. The van der Waals surface area contributed by atoms with Gasteiger partial charge < -0.3 is 15.0 Å². The molecular weight excluding hydrogens is 318 g/mol. The lowest BCUT2D eigenvalue weighted by atomic mass is 10.1. The molecule has 6 nitrogen and oxygen atoms in total. The van der Waals surface area contributed by atoms with Gasteiger partial charge in [-0.2, -0.15) is 0 Å². The van der Waals surface area contributed by atoms with Gasteiger partial charge in [-0.3, -0.25) is 14.6 Å². The summed E-state index contributed by atoms with van der Waals surface area (Å²) in [4.78, 5) is 30.0. The van der Waals surface area contributed by atoms with Crippen LogP contribution in [0.3, 0.4) is 0 Å². The fourth-order valence-corrected chi connectivity index (χ4v) is 2.54. The van der Waals surface area contributed by atoms with Gasteiger partial charge >= 0.3 is 0 Å². The van der Waals surface area contributed by atoms with Gasteiger partial charge in [-0.05, 0) is 49.2 Å². The van der Waals surface area contributed by atoms with Crippen LogP contribution in [-0.4, -0.2) is 41.9 Å². The second-order valence-electron chi connectivity index (χ2n) is 5.59. The van der Waals surface area contributed by atoms with Crippen LogP contribution in [0.1, 0.15) is 29.8 Å². The Bertz CT molecular complexity index is 732. The van der Waals surface area contributed by atoms with E-state index in [2.05, 4.69) is 10.3 Å². The molecule has 1 N–H and O–H groups in total. The highest BCUT2D eigenvalue weighted by atomic mass is 16.5. The average molecular weight is 341 g/mol. The van der Waals surface area contributed by atoms with Gasteiger partial charge in [0, 0.05) is 38.1 Å². The van der Waals surface area contributed by atoms with Crippen LogP contribution in [0.15, 0.2) is 42.7 Å². The summed E-state index contributed by atoms with van der Waals surface area (Å²) in [7, 11) is 1.53. The van der Waals surface area contributed by atoms with E-state index in [9.17, 15) is 9.59 Å². The van der Waals surface area contributed by atoms with Crippen LogP contribution in [0.25, 0.3) is 0 Å². The van der Waals surface area contributed by atoms with E-state index in [0.717, 1.165) is 12.0 Å². The molecule has 0 aliphatic heterocycles. The number of aromatic nitrogens is 1. The third kappa shape index (κ3) is 5.04. The highest BCUT2D eigenvalue weighted by Crippen LogP contribution is 2.24. The number of rotatable bonds is 7. The number of nitrogens with zero attached hydrogens (tertiary/aromatic N) is 2. The number of carbonyl (C=O) groups is 2. The summed E-state index contributed by atoms with van der Waals surface area (Å²) in [5.41, 5.74) is 2.13. The number of hydrogen-bond donors (Lipinski definition) is 1. The molecule has 0 saturated carbocycles. The van der Waals surface area contributed by atoms with E-state index < -0.39 is 0 Å². The van der Waals surface area contributed by atoms with Crippen molar-refractivity contribution in [3.05, 3.63) is 53.9 Å². The van der Waals surface area contributed by atoms with Crippen LogP contribution in [0.2, 0.25) is 0 Å². The van der Waals surface area contributed by atoms with Crippen LogP contribution in [0.4, 0.5) is 5.69 Å². The van der Waals surface area contributed by atoms with Gasteiger partial charge in [-0.15, -0.1) is 0 Å². The smallest absolute Gasteiger partial charge is 0.257 e. The van der Waals surface area contributed by atoms with Crippen molar-refractivity contribution in [2.24, 2.45) is 0 Å². The van der Waals surface area contributed by atoms with Crippen molar-refractivity contribution in [2.75, 3.05) is 25.5 Å². The molecule has 0 saturated heterocycles. The molecule has 0 atom stereocenters. The third-order valence-electron chi connectivity index (χ3n) is 3.84. The fourth-order valence-electron chi connectivity index (χ4n) is 2.54. The maximum atomic E-state index is 12.9. The average Bonchev–Trinajstić information content (AvgIpc) is 2.62. The van der Waals surface area contributed by atoms with Gasteiger partial charge in [-0.1, -0.05) is 0 Å². The lowest BCUT2D eigenvalue weighted by molar-refractivity contribution is -0.114.